The summed E-state index contributed by atoms with van der Waals surface area (Å²) in [7, 11) is 1.30. The second-order valence-corrected chi connectivity index (χ2v) is 3.09. The Labute approximate surface area is 84.7 Å². The first-order valence-corrected chi connectivity index (χ1v) is 4.26. The summed E-state index contributed by atoms with van der Waals surface area (Å²) < 4.78 is 6.21. The molecule has 7 heteroatoms. The van der Waals surface area contributed by atoms with E-state index in [-0.39, 0.29) is 5.28 Å². The van der Waals surface area contributed by atoms with Crippen molar-refractivity contribution < 1.29 is 9.53 Å². The van der Waals surface area contributed by atoms with Gasteiger partial charge in [-0.05, 0) is 30.7 Å². The number of nitrogens with zero attached hydrogens (tertiary/aromatic N) is 2. The topological polar surface area (TPSA) is 59.9 Å². The lowest BCUT2D eigenvalue weighted by Gasteiger charge is -2.09. The van der Waals surface area contributed by atoms with E-state index in [0.29, 0.717) is 4.77 Å². The quantitative estimate of drug-likeness (QED) is 0.605. The van der Waals surface area contributed by atoms with Crippen molar-refractivity contribution in [1.82, 2.24) is 14.8 Å². The molecular weight excluding hydrogens is 214 g/mol. The van der Waals surface area contributed by atoms with Gasteiger partial charge in [-0.25, -0.2) is 4.79 Å². The van der Waals surface area contributed by atoms with E-state index in [0.717, 1.165) is 0 Å². The van der Waals surface area contributed by atoms with Gasteiger partial charge in [-0.3, -0.25) is 9.67 Å². The summed E-state index contributed by atoms with van der Waals surface area (Å²) in [6, 6.07) is -0.566. The molecule has 0 aliphatic carbocycles. The van der Waals surface area contributed by atoms with Gasteiger partial charge in [0.2, 0.25) is 5.28 Å². The fraction of sp³-hybridized carbons (Fsp3) is 0.500. The zero-order valence-electron chi connectivity index (χ0n) is 7.07. The van der Waals surface area contributed by atoms with Crippen LogP contribution in [0.2, 0.25) is 5.28 Å². The molecule has 1 unspecified atom stereocenters. The maximum atomic E-state index is 11.1. The van der Waals surface area contributed by atoms with E-state index in [2.05, 4.69) is 14.9 Å². The maximum Gasteiger partial charge on any atom is 0.328 e. The lowest BCUT2D eigenvalue weighted by atomic mass is 10.3. The highest BCUT2D eigenvalue weighted by Gasteiger charge is 2.19. The zero-order chi connectivity index (χ0) is 10.0. The number of methoxy groups -OCH3 is 1. The van der Waals surface area contributed by atoms with E-state index in [1.54, 1.807) is 6.92 Å². The standard InChI is InChI=1S/C6H8ClN3O2S/c1-3(4(11)12-2)10-5(7)8-9-6(10)13/h3H,1-2H3,(H,9,13). The van der Waals surface area contributed by atoms with Crippen molar-refractivity contribution in [3.05, 3.63) is 10.1 Å². The Kier molecular flexibility index (Phi) is 3.05. The van der Waals surface area contributed by atoms with E-state index in [4.69, 9.17) is 23.8 Å². The molecule has 1 aromatic rings. The maximum absolute atomic E-state index is 11.1. The number of hydrogen-bond acceptors (Lipinski definition) is 4. The molecule has 1 atom stereocenters. The summed E-state index contributed by atoms with van der Waals surface area (Å²) in [5, 5.41) is 6.27. The molecule has 0 saturated heterocycles. The third-order valence-electron chi connectivity index (χ3n) is 1.59. The number of halogens is 1. The van der Waals surface area contributed by atoms with Gasteiger partial charge in [-0.1, -0.05) is 0 Å². The Morgan fingerprint density at radius 1 is 1.85 bits per heavy atom. The second-order valence-electron chi connectivity index (χ2n) is 2.37. The van der Waals surface area contributed by atoms with E-state index < -0.39 is 12.0 Å². The lowest BCUT2D eigenvalue weighted by Crippen LogP contribution is -2.18. The molecule has 13 heavy (non-hydrogen) atoms. The Morgan fingerprint density at radius 3 is 2.85 bits per heavy atom. The zero-order valence-corrected chi connectivity index (χ0v) is 8.65. The first kappa shape index (κ1) is 10.2. The third-order valence-corrected chi connectivity index (χ3v) is 2.15. The van der Waals surface area contributed by atoms with Crippen molar-refractivity contribution in [2.75, 3.05) is 7.11 Å². The molecular formula is C6H8ClN3O2S. The highest BCUT2D eigenvalue weighted by atomic mass is 35.5. The first-order chi connectivity index (χ1) is 6.07. The summed E-state index contributed by atoms with van der Waals surface area (Å²) in [6.07, 6.45) is 0. The molecule has 1 aromatic heterocycles. The van der Waals surface area contributed by atoms with E-state index in [1.165, 1.54) is 11.7 Å². The minimum absolute atomic E-state index is 0.142. The predicted molar refractivity (Wildman–Crippen MR) is 49.1 cm³/mol. The van der Waals surface area contributed by atoms with Crippen LogP contribution < -0.4 is 0 Å². The number of carbonyl (C=O) groups excluding carboxylic acids is 1. The molecule has 0 aliphatic heterocycles. The fourth-order valence-corrected chi connectivity index (χ4v) is 1.51. The van der Waals surface area contributed by atoms with Gasteiger partial charge in [0.05, 0.1) is 7.11 Å². The van der Waals surface area contributed by atoms with Crippen LogP contribution in [-0.4, -0.2) is 27.8 Å². The van der Waals surface area contributed by atoms with E-state index in [9.17, 15) is 4.79 Å². The van der Waals surface area contributed by atoms with Crippen LogP contribution in [-0.2, 0) is 9.53 Å². The minimum Gasteiger partial charge on any atom is -0.467 e. The molecule has 0 fully saturated rings. The smallest absolute Gasteiger partial charge is 0.328 e. The highest BCUT2D eigenvalue weighted by molar-refractivity contribution is 7.71. The molecule has 72 valence electrons. The Morgan fingerprint density at radius 2 is 2.46 bits per heavy atom. The normalized spacial score (nSPS) is 12.5. The van der Waals surface area contributed by atoms with Crippen LogP contribution in [0, 0.1) is 4.77 Å². The summed E-state index contributed by atoms with van der Waals surface area (Å²) in [6.45, 7) is 1.63. The van der Waals surface area contributed by atoms with E-state index >= 15 is 0 Å². The summed E-state index contributed by atoms with van der Waals surface area (Å²) in [5.74, 6) is -0.417. The molecule has 0 radical (unpaired) electrons. The van der Waals surface area contributed by atoms with Gasteiger partial charge < -0.3 is 4.74 Å². The molecule has 0 aliphatic rings. The van der Waals surface area contributed by atoms with E-state index in [1.807, 2.05) is 0 Å². The van der Waals surface area contributed by atoms with Gasteiger partial charge in [-0.2, -0.15) is 0 Å². The average molecular weight is 222 g/mol. The van der Waals surface area contributed by atoms with Crippen LogP contribution in [0.25, 0.3) is 0 Å². The van der Waals surface area contributed by atoms with Gasteiger partial charge in [0.15, 0.2) is 4.77 Å². The molecule has 5 nitrogen and oxygen atoms in total. The van der Waals surface area contributed by atoms with Crippen molar-refractivity contribution in [1.29, 1.82) is 0 Å². The van der Waals surface area contributed by atoms with Gasteiger partial charge in [0.1, 0.15) is 6.04 Å². The molecule has 1 N–H and O–H groups in total. The van der Waals surface area contributed by atoms with Crippen molar-refractivity contribution in [3.63, 3.8) is 0 Å². The highest BCUT2D eigenvalue weighted by Crippen LogP contribution is 2.14. The number of carbonyl (C=O) groups is 1. The minimum atomic E-state index is -0.566. The lowest BCUT2D eigenvalue weighted by molar-refractivity contribution is -0.144. The number of esters is 1. The number of aromatic amines is 1. The van der Waals surface area contributed by atoms with Crippen LogP contribution >= 0.6 is 23.8 Å². The van der Waals surface area contributed by atoms with Crippen LogP contribution in [0.3, 0.4) is 0 Å². The predicted octanol–water partition coefficient (Wildman–Crippen LogP) is 1.33. The van der Waals surface area contributed by atoms with Crippen molar-refractivity contribution in [2.24, 2.45) is 0 Å². The van der Waals surface area contributed by atoms with Gasteiger partial charge in [0.25, 0.3) is 0 Å². The number of aromatic nitrogens is 3. The Bertz CT molecular complexity index is 372. The van der Waals surface area contributed by atoms with Gasteiger partial charge in [-0.15, -0.1) is 5.10 Å². The number of rotatable bonds is 2. The Hall–Kier alpha value is -0.880. The number of ether oxygens (including phenoxy) is 1. The molecule has 0 amide bonds. The van der Waals surface area contributed by atoms with Gasteiger partial charge >= 0.3 is 5.97 Å². The molecule has 0 spiro atoms. The largest absolute Gasteiger partial charge is 0.467 e. The SMILES string of the molecule is COC(=O)C(C)n1c(Cl)n[nH]c1=S. The molecule has 0 aromatic carbocycles. The van der Waals surface area contributed by atoms with Crippen molar-refractivity contribution >= 4 is 29.8 Å². The number of hydrogen-bond donors (Lipinski definition) is 1. The Balaban J connectivity index is 3.07. The van der Waals surface area contributed by atoms with Crippen LogP contribution in [0.5, 0.6) is 0 Å². The summed E-state index contributed by atoms with van der Waals surface area (Å²) in [4.78, 5) is 11.1. The van der Waals surface area contributed by atoms with Crippen LogP contribution in [0.4, 0.5) is 0 Å². The number of H-pyrrole nitrogens is 1. The van der Waals surface area contributed by atoms with Crippen molar-refractivity contribution in [2.45, 2.75) is 13.0 Å². The fourth-order valence-electron chi connectivity index (χ4n) is 0.897. The molecule has 0 saturated carbocycles. The second kappa shape index (κ2) is 3.89. The van der Waals surface area contributed by atoms with Crippen LogP contribution in [0.1, 0.15) is 13.0 Å². The van der Waals surface area contributed by atoms with Gasteiger partial charge in [0, 0.05) is 0 Å². The molecule has 1 heterocycles. The number of nitrogens with one attached hydrogen (secondary N) is 1. The van der Waals surface area contributed by atoms with Crippen LogP contribution in [0.15, 0.2) is 0 Å². The summed E-state index contributed by atoms with van der Waals surface area (Å²) in [5.41, 5.74) is 0. The summed E-state index contributed by atoms with van der Waals surface area (Å²) >= 11 is 10.6. The molecule has 0 bridgehead atoms. The van der Waals surface area contributed by atoms with Crippen molar-refractivity contribution in [3.8, 4) is 0 Å². The molecule has 1 rings (SSSR count). The third kappa shape index (κ3) is 1.89. The first-order valence-electron chi connectivity index (χ1n) is 3.48. The average Bonchev–Trinajstić information content (AvgIpc) is 2.44. The monoisotopic (exact) mass is 221 g/mol.